The van der Waals surface area contributed by atoms with E-state index >= 15 is 0 Å². The molecule has 0 aromatic heterocycles. The van der Waals surface area contributed by atoms with Crippen molar-refractivity contribution in [2.75, 3.05) is 14.1 Å². The minimum Gasteiger partial charge on any atom is -0.235 e. The molecule has 0 unspecified atom stereocenters. The highest BCUT2D eigenvalue weighted by Crippen LogP contribution is 2.50. The third-order valence-electron chi connectivity index (χ3n) is 3.21. The van der Waals surface area contributed by atoms with E-state index in [1.807, 2.05) is 21.6 Å². The van der Waals surface area contributed by atoms with Gasteiger partial charge in [-0.1, -0.05) is 51.9 Å². The minimum atomic E-state index is 1.23. The highest BCUT2D eigenvalue weighted by Gasteiger charge is 2.16. The second kappa shape index (κ2) is 5.90. The van der Waals surface area contributed by atoms with Gasteiger partial charge in [-0.05, 0) is 29.4 Å². The molecule has 1 nitrogen and oxygen atoms in total. The molecule has 1 aromatic carbocycles. The minimum absolute atomic E-state index is 1.23. The van der Waals surface area contributed by atoms with Crippen LogP contribution in [-0.4, -0.2) is 24.4 Å². The van der Waals surface area contributed by atoms with Gasteiger partial charge in [-0.3, -0.25) is 0 Å². The highest BCUT2D eigenvalue weighted by molar-refractivity contribution is 8.82. The molecule has 0 saturated heterocycles. The van der Waals surface area contributed by atoms with Gasteiger partial charge in [0.05, 0.1) is 0 Å². The number of hydrogen-bond donors (Lipinski definition) is 0. The van der Waals surface area contributed by atoms with Crippen molar-refractivity contribution in [3.63, 3.8) is 0 Å². The van der Waals surface area contributed by atoms with E-state index in [2.05, 4.69) is 79.4 Å². The maximum atomic E-state index is 2.29. The molecule has 1 aromatic rings. The van der Waals surface area contributed by atoms with Gasteiger partial charge in [0.2, 0.25) is 0 Å². The second-order valence-electron chi connectivity index (χ2n) is 4.85. The van der Waals surface area contributed by atoms with Gasteiger partial charge in [0.25, 0.3) is 0 Å². The van der Waals surface area contributed by atoms with Crippen molar-refractivity contribution < 1.29 is 4.58 Å². The number of hydrogen-bond acceptors (Lipinski definition) is 2. The van der Waals surface area contributed by atoms with Crippen molar-refractivity contribution in [2.24, 2.45) is 0 Å². The Balaban J connectivity index is 1.89. The van der Waals surface area contributed by atoms with Crippen LogP contribution in [0, 0.1) is 0 Å². The van der Waals surface area contributed by atoms with Crippen LogP contribution in [0.3, 0.4) is 0 Å². The van der Waals surface area contributed by atoms with E-state index in [0.717, 1.165) is 0 Å². The first kappa shape index (κ1) is 13.5. The monoisotopic (exact) mass is 298 g/mol. The molecule has 0 saturated carbocycles. The molecule has 3 heteroatoms. The van der Waals surface area contributed by atoms with Crippen LogP contribution in [-0.2, 0) is 0 Å². The SMILES string of the molecule is C[N+](C)=C1C=CC(=C2C=C(c3ccccc3)SS2)C=C1. The first-order valence-corrected chi connectivity index (χ1v) is 8.65. The summed E-state index contributed by atoms with van der Waals surface area (Å²) in [6.45, 7) is 0. The van der Waals surface area contributed by atoms with Gasteiger partial charge in [-0.15, -0.1) is 0 Å². The molecule has 1 aliphatic heterocycles. The lowest BCUT2D eigenvalue weighted by molar-refractivity contribution is -0.462. The maximum Gasteiger partial charge on any atom is 0.199 e. The summed E-state index contributed by atoms with van der Waals surface area (Å²) in [6.07, 6.45) is 11.0. The average Bonchev–Trinajstić information content (AvgIpc) is 2.98. The fraction of sp³-hybridized carbons (Fsp3) is 0.118. The molecule has 0 spiro atoms. The zero-order valence-corrected chi connectivity index (χ0v) is 13.2. The summed E-state index contributed by atoms with van der Waals surface area (Å²) < 4.78 is 2.12. The molecule has 0 amide bonds. The van der Waals surface area contributed by atoms with Crippen molar-refractivity contribution in [1.29, 1.82) is 0 Å². The Morgan fingerprint density at radius 1 is 0.850 bits per heavy atom. The van der Waals surface area contributed by atoms with Crippen molar-refractivity contribution in [2.45, 2.75) is 0 Å². The molecule has 20 heavy (non-hydrogen) atoms. The fourth-order valence-electron chi connectivity index (χ4n) is 2.05. The fourth-order valence-corrected chi connectivity index (χ4v) is 4.50. The van der Waals surface area contributed by atoms with Crippen LogP contribution in [0.15, 0.2) is 71.2 Å². The summed E-state index contributed by atoms with van der Waals surface area (Å²) in [4.78, 5) is 2.67. The van der Waals surface area contributed by atoms with Crippen molar-refractivity contribution >= 4 is 32.2 Å². The van der Waals surface area contributed by atoms with Gasteiger partial charge in [0.1, 0.15) is 14.1 Å². The Morgan fingerprint density at radius 3 is 2.20 bits per heavy atom. The Hall–Kier alpha value is -1.45. The third-order valence-corrected chi connectivity index (χ3v) is 5.69. The molecule has 1 heterocycles. The van der Waals surface area contributed by atoms with Crippen LogP contribution in [0.25, 0.3) is 4.91 Å². The summed E-state index contributed by atoms with van der Waals surface area (Å²) in [5.41, 5.74) is 3.82. The van der Waals surface area contributed by atoms with Gasteiger partial charge in [-0.2, -0.15) is 0 Å². The number of rotatable bonds is 1. The smallest absolute Gasteiger partial charge is 0.199 e. The van der Waals surface area contributed by atoms with Gasteiger partial charge in [0, 0.05) is 22.0 Å². The summed E-state index contributed by atoms with van der Waals surface area (Å²) in [5.74, 6) is 0. The largest absolute Gasteiger partial charge is 0.235 e. The molecule has 0 N–H and O–H groups in total. The normalized spacial score (nSPS) is 17.7. The zero-order valence-electron chi connectivity index (χ0n) is 11.5. The Bertz CT molecular complexity index is 654. The Labute approximate surface area is 127 Å². The molecule has 0 radical (unpaired) electrons. The van der Waals surface area contributed by atoms with Crippen molar-refractivity contribution in [3.8, 4) is 0 Å². The van der Waals surface area contributed by atoms with E-state index in [9.17, 15) is 0 Å². The van der Waals surface area contributed by atoms with E-state index in [0.29, 0.717) is 0 Å². The summed E-state index contributed by atoms with van der Waals surface area (Å²) in [6, 6.07) is 10.6. The van der Waals surface area contributed by atoms with Crippen LogP contribution in [0.5, 0.6) is 0 Å². The zero-order chi connectivity index (χ0) is 13.9. The molecule has 100 valence electrons. The van der Waals surface area contributed by atoms with Gasteiger partial charge >= 0.3 is 0 Å². The van der Waals surface area contributed by atoms with E-state index in [1.54, 1.807) is 0 Å². The molecular formula is C17H16NS2+. The Kier molecular flexibility index (Phi) is 3.99. The summed E-state index contributed by atoms with van der Waals surface area (Å²) >= 11 is 0. The van der Waals surface area contributed by atoms with Gasteiger partial charge in [0.15, 0.2) is 5.71 Å². The number of allylic oxidation sites excluding steroid dienone is 6. The lowest BCUT2D eigenvalue weighted by Gasteiger charge is -2.03. The quantitative estimate of drug-likeness (QED) is 0.554. The molecule has 0 bridgehead atoms. The van der Waals surface area contributed by atoms with Crippen molar-refractivity contribution in [3.05, 3.63) is 76.8 Å². The van der Waals surface area contributed by atoms with Crippen LogP contribution in [0.1, 0.15) is 5.56 Å². The molecule has 0 atom stereocenters. The molecule has 0 fully saturated rings. The average molecular weight is 298 g/mol. The maximum absolute atomic E-state index is 2.29. The van der Waals surface area contributed by atoms with E-state index in [1.165, 1.54) is 26.7 Å². The standard InChI is InChI=1S/C17H16NS2/c1-18(2)15-10-8-14(9-11-15)17-12-16(19-20-17)13-6-4-3-5-7-13/h3-12H,1-2H3/q+1. The van der Waals surface area contributed by atoms with Crippen LogP contribution < -0.4 is 0 Å². The van der Waals surface area contributed by atoms with E-state index in [-0.39, 0.29) is 0 Å². The molecule has 1 aliphatic carbocycles. The summed E-state index contributed by atoms with van der Waals surface area (Å²) in [7, 11) is 7.81. The first-order valence-electron chi connectivity index (χ1n) is 6.50. The van der Waals surface area contributed by atoms with Gasteiger partial charge < -0.3 is 0 Å². The predicted molar refractivity (Wildman–Crippen MR) is 92.0 cm³/mol. The lowest BCUT2D eigenvalue weighted by Crippen LogP contribution is -2.09. The van der Waals surface area contributed by atoms with Crippen molar-refractivity contribution in [1.82, 2.24) is 0 Å². The van der Waals surface area contributed by atoms with Crippen LogP contribution in [0.2, 0.25) is 0 Å². The predicted octanol–water partition coefficient (Wildman–Crippen LogP) is 4.52. The van der Waals surface area contributed by atoms with E-state index < -0.39 is 0 Å². The third kappa shape index (κ3) is 2.84. The first-order chi connectivity index (χ1) is 9.74. The number of benzene rings is 1. The second-order valence-corrected chi connectivity index (χ2v) is 7.06. The topological polar surface area (TPSA) is 3.01 Å². The van der Waals surface area contributed by atoms with Gasteiger partial charge in [-0.25, -0.2) is 4.58 Å². The highest BCUT2D eigenvalue weighted by atomic mass is 33.1. The molecular weight excluding hydrogens is 282 g/mol. The number of nitrogens with zero attached hydrogens (tertiary/aromatic N) is 1. The van der Waals surface area contributed by atoms with Crippen LogP contribution >= 0.6 is 21.6 Å². The Morgan fingerprint density at radius 2 is 1.55 bits per heavy atom. The molecule has 3 rings (SSSR count). The lowest BCUT2D eigenvalue weighted by atomic mass is 10.1. The van der Waals surface area contributed by atoms with Crippen LogP contribution in [0.4, 0.5) is 0 Å². The van der Waals surface area contributed by atoms with E-state index in [4.69, 9.17) is 0 Å². The summed E-state index contributed by atoms with van der Waals surface area (Å²) in [5, 5.41) is 0. The molecule has 2 aliphatic rings.